The molecule has 4 nitrogen and oxygen atoms in total. The molecule has 4 heteroatoms. The molecular formula is C23H32O4. The zero-order chi connectivity index (χ0) is 19.6. The normalized spacial score (nSPS) is 51.3. The summed E-state index contributed by atoms with van der Waals surface area (Å²) in [5.41, 5.74) is -0.272. The highest BCUT2D eigenvalue weighted by molar-refractivity contribution is 5.66. The van der Waals surface area contributed by atoms with E-state index in [1.165, 1.54) is 12.5 Å². The van der Waals surface area contributed by atoms with Crippen molar-refractivity contribution in [2.24, 2.45) is 28.6 Å². The molecule has 3 fully saturated rings. The molecule has 0 aromatic heterocycles. The maximum Gasteiger partial charge on any atom is 0.303 e. The Morgan fingerprint density at radius 3 is 2.70 bits per heavy atom. The lowest BCUT2D eigenvalue weighted by Crippen LogP contribution is -2.56. The van der Waals surface area contributed by atoms with Gasteiger partial charge in [-0.2, -0.15) is 0 Å². The number of rotatable bonds is 1. The average molecular weight is 373 g/mol. The molecule has 0 amide bonds. The first-order valence-corrected chi connectivity index (χ1v) is 10.4. The van der Waals surface area contributed by atoms with E-state index in [0.717, 1.165) is 38.5 Å². The molecule has 2 N–H and O–H groups in total. The predicted molar refractivity (Wildman–Crippen MR) is 102 cm³/mol. The number of terminal acetylenes is 1. The summed E-state index contributed by atoms with van der Waals surface area (Å²) in [5, 5.41) is 21.5. The van der Waals surface area contributed by atoms with E-state index < -0.39 is 17.1 Å². The topological polar surface area (TPSA) is 66.8 Å². The van der Waals surface area contributed by atoms with Gasteiger partial charge in [-0.3, -0.25) is 4.79 Å². The van der Waals surface area contributed by atoms with Gasteiger partial charge in [0.15, 0.2) is 5.60 Å². The van der Waals surface area contributed by atoms with Crippen LogP contribution >= 0.6 is 0 Å². The second kappa shape index (κ2) is 6.09. The Hall–Kier alpha value is -1.31. The Morgan fingerprint density at radius 2 is 2.04 bits per heavy atom. The van der Waals surface area contributed by atoms with Crippen molar-refractivity contribution in [3.8, 4) is 12.3 Å². The van der Waals surface area contributed by atoms with Crippen molar-refractivity contribution >= 4 is 5.97 Å². The van der Waals surface area contributed by atoms with Crippen LogP contribution in [0.3, 0.4) is 0 Å². The van der Waals surface area contributed by atoms with Crippen LogP contribution in [0.4, 0.5) is 0 Å². The molecule has 8 atom stereocenters. The maximum absolute atomic E-state index is 11.6. The van der Waals surface area contributed by atoms with Crippen molar-refractivity contribution in [3.63, 3.8) is 0 Å². The molecule has 4 aliphatic rings. The summed E-state index contributed by atoms with van der Waals surface area (Å²) < 4.78 is 5.52. The molecule has 148 valence electrons. The minimum atomic E-state index is -1.40. The van der Waals surface area contributed by atoms with Crippen molar-refractivity contribution in [1.82, 2.24) is 0 Å². The van der Waals surface area contributed by atoms with Crippen LogP contribution in [0.5, 0.6) is 0 Å². The first kappa shape index (κ1) is 19.0. The standard InChI is InChI=1S/C23H32O4/c1-5-23(26)20(27-14(2)24)13-19-17-7-6-15-12-16(25)8-10-21(15,3)18(17)9-11-22(19,23)4/h1,6,16-20,25-26H,7-13H2,2-4H3/t16?,17-,18-,19+,20?,21+,22+,23?/m1/s1. The van der Waals surface area contributed by atoms with Crippen LogP contribution in [0.1, 0.15) is 65.7 Å². The fraction of sp³-hybridized carbons (Fsp3) is 0.783. The number of ether oxygens (including phenoxy) is 1. The van der Waals surface area contributed by atoms with Crippen molar-refractivity contribution < 1.29 is 19.7 Å². The fourth-order valence-corrected chi connectivity index (χ4v) is 7.23. The molecule has 0 aromatic rings. The number of esters is 1. The highest BCUT2D eigenvalue weighted by Gasteiger charge is 2.68. The first-order chi connectivity index (χ1) is 12.7. The van der Waals surface area contributed by atoms with Gasteiger partial charge in [0.25, 0.3) is 0 Å². The second-order valence-electron chi connectivity index (χ2n) is 9.86. The molecular weight excluding hydrogens is 340 g/mol. The molecule has 0 saturated heterocycles. The summed E-state index contributed by atoms with van der Waals surface area (Å²) in [7, 11) is 0. The number of hydrogen-bond acceptors (Lipinski definition) is 4. The molecule has 3 saturated carbocycles. The Labute approximate surface area is 162 Å². The summed E-state index contributed by atoms with van der Waals surface area (Å²) in [4.78, 5) is 11.6. The highest BCUT2D eigenvalue weighted by atomic mass is 16.6. The molecule has 0 heterocycles. The van der Waals surface area contributed by atoms with Gasteiger partial charge in [0.05, 0.1) is 6.10 Å². The summed E-state index contributed by atoms with van der Waals surface area (Å²) in [6, 6.07) is 0. The van der Waals surface area contributed by atoms with E-state index in [2.05, 4.69) is 25.8 Å². The molecule has 0 bridgehead atoms. The second-order valence-corrected chi connectivity index (χ2v) is 9.86. The van der Waals surface area contributed by atoms with Crippen LogP contribution in [0.2, 0.25) is 0 Å². The number of aliphatic hydroxyl groups excluding tert-OH is 1. The molecule has 0 spiro atoms. The van der Waals surface area contributed by atoms with Gasteiger partial charge in [-0.25, -0.2) is 0 Å². The lowest BCUT2D eigenvalue weighted by Gasteiger charge is -2.58. The summed E-state index contributed by atoms with van der Waals surface area (Å²) in [6.45, 7) is 5.85. The monoisotopic (exact) mass is 372 g/mol. The van der Waals surface area contributed by atoms with E-state index in [0.29, 0.717) is 18.3 Å². The van der Waals surface area contributed by atoms with E-state index in [4.69, 9.17) is 11.2 Å². The van der Waals surface area contributed by atoms with Gasteiger partial charge in [-0.15, -0.1) is 6.42 Å². The molecule has 3 unspecified atom stereocenters. The molecule has 4 aliphatic carbocycles. The zero-order valence-electron chi connectivity index (χ0n) is 16.7. The van der Waals surface area contributed by atoms with Crippen LogP contribution in [0.15, 0.2) is 11.6 Å². The summed E-state index contributed by atoms with van der Waals surface area (Å²) in [6.07, 6.45) is 13.5. The molecule has 4 rings (SSSR count). The van der Waals surface area contributed by atoms with Crippen LogP contribution in [-0.2, 0) is 9.53 Å². The van der Waals surface area contributed by atoms with Gasteiger partial charge in [-0.1, -0.05) is 31.4 Å². The van der Waals surface area contributed by atoms with Crippen LogP contribution in [-0.4, -0.2) is 34.0 Å². The number of hydrogen-bond donors (Lipinski definition) is 2. The van der Waals surface area contributed by atoms with Gasteiger partial charge >= 0.3 is 5.97 Å². The summed E-state index contributed by atoms with van der Waals surface area (Å²) >= 11 is 0. The van der Waals surface area contributed by atoms with E-state index in [-0.39, 0.29) is 23.4 Å². The van der Waals surface area contributed by atoms with Gasteiger partial charge in [0.1, 0.15) is 6.10 Å². The molecule has 0 radical (unpaired) electrons. The SMILES string of the molecule is C#CC1(O)C(OC(C)=O)C[C@H]2[C@@H]3CC=C4CC(O)CC[C@]4(C)[C@@H]3CC[C@@]21C. The first-order valence-electron chi connectivity index (χ1n) is 10.4. The Kier molecular flexibility index (Phi) is 4.29. The Morgan fingerprint density at radius 1 is 1.30 bits per heavy atom. The lowest BCUT2D eigenvalue weighted by atomic mass is 9.47. The minimum Gasteiger partial charge on any atom is -0.458 e. The van der Waals surface area contributed by atoms with E-state index in [9.17, 15) is 15.0 Å². The number of carbonyl (C=O) groups excluding carboxylic acids is 1. The Balaban J connectivity index is 1.70. The van der Waals surface area contributed by atoms with Crippen molar-refractivity contribution in [2.45, 2.75) is 83.5 Å². The largest absolute Gasteiger partial charge is 0.458 e. The van der Waals surface area contributed by atoms with Crippen LogP contribution < -0.4 is 0 Å². The van der Waals surface area contributed by atoms with Gasteiger partial charge < -0.3 is 14.9 Å². The van der Waals surface area contributed by atoms with Gasteiger partial charge in [0, 0.05) is 12.3 Å². The molecule has 0 aromatic carbocycles. The maximum atomic E-state index is 11.6. The highest BCUT2D eigenvalue weighted by Crippen LogP contribution is 2.67. The van der Waals surface area contributed by atoms with Crippen molar-refractivity contribution in [1.29, 1.82) is 0 Å². The van der Waals surface area contributed by atoms with Crippen LogP contribution in [0.25, 0.3) is 0 Å². The molecule has 27 heavy (non-hydrogen) atoms. The quantitative estimate of drug-likeness (QED) is 0.421. The third-order valence-electron chi connectivity index (χ3n) is 8.80. The van der Waals surface area contributed by atoms with E-state index >= 15 is 0 Å². The van der Waals surface area contributed by atoms with Crippen LogP contribution in [0, 0.1) is 40.9 Å². The number of allylic oxidation sites excluding steroid dienone is 1. The third-order valence-corrected chi connectivity index (χ3v) is 8.80. The number of carbonyl (C=O) groups is 1. The third kappa shape index (κ3) is 2.47. The van der Waals surface area contributed by atoms with E-state index in [1.54, 1.807) is 0 Å². The predicted octanol–water partition coefficient (Wildman–Crippen LogP) is 3.22. The summed E-state index contributed by atoms with van der Waals surface area (Å²) in [5.74, 6) is 3.47. The average Bonchev–Trinajstić information content (AvgIpc) is 2.83. The minimum absolute atomic E-state index is 0.136. The fourth-order valence-electron chi connectivity index (χ4n) is 7.23. The van der Waals surface area contributed by atoms with E-state index in [1.807, 2.05) is 0 Å². The van der Waals surface area contributed by atoms with Gasteiger partial charge in [0.2, 0.25) is 0 Å². The lowest BCUT2D eigenvalue weighted by molar-refractivity contribution is -0.162. The smallest absolute Gasteiger partial charge is 0.303 e. The zero-order valence-corrected chi connectivity index (χ0v) is 16.7. The number of fused-ring (bicyclic) bond motifs is 5. The Bertz CT molecular complexity index is 720. The van der Waals surface area contributed by atoms with Gasteiger partial charge in [-0.05, 0) is 68.1 Å². The van der Waals surface area contributed by atoms with Crippen molar-refractivity contribution in [2.75, 3.05) is 0 Å². The van der Waals surface area contributed by atoms with Crippen molar-refractivity contribution in [3.05, 3.63) is 11.6 Å². The molecule has 0 aliphatic heterocycles. The number of aliphatic hydroxyl groups is 2.